The van der Waals surface area contributed by atoms with Gasteiger partial charge in [0.15, 0.2) is 0 Å². The minimum atomic E-state index is -0.448. The molecule has 140 valence electrons. The average Bonchev–Trinajstić information content (AvgIpc) is 2.73. The van der Waals surface area contributed by atoms with E-state index in [1.54, 1.807) is 46.2 Å². The van der Waals surface area contributed by atoms with Crippen LogP contribution < -0.4 is 5.32 Å². The maximum Gasteiger partial charge on any atom is 0.339 e. The van der Waals surface area contributed by atoms with E-state index in [1.165, 1.54) is 13.3 Å². The Morgan fingerprint density at radius 3 is 2.59 bits per heavy atom. The predicted molar refractivity (Wildman–Crippen MR) is 98.8 cm³/mol. The number of carbonyl (C=O) groups excluding carboxylic acids is 3. The Balaban J connectivity index is 1.76. The number of benzene rings is 1. The van der Waals surface area contributed by atoms with Gasteiger partial charge in [0.1, 0.15) is 5.69 Å². The van der Waals surface area contributed by atoms with Crippen molar-refractivity contribution in [2.75, 3.05) is 38.6 Å². The number of nitrogens with zero attached hydrogens (tertiary/aromatic N) is 3. The molecule has 0 atom stereocenters. The number of carbonyl (C=O) groups is 3. The molecule has 0 spiro atoms. The molecular formula is C19H20N4O4. The highest BCUT2D eigenvalue weighted by molar-refractivity contribution is 5.97. The third-order valence-electron chi connectivity index (χ3n) is 4.34. The smallest absolute Gasteiger partial charge is 0.339 e. The molecule has 2 aromatic rings. The van der Waals surface area contributed by atoms with Gasteiger partial charge in [0.05, 0.1) is 18.4 Å². The van der Waals surface area contributed by atoms with Crippen LogP contribution in [0.25, 0.3) is 0 Å². The molecule has 2 heterocycles. The first kappa shape index (κ1) is 18.4. The highest BCUT2D eigenvalue weighted by Gasteiger charge is 2.22. The van der Waals surface area contributed by atoms with Crippen molar-refractivity contribution in [2.24, 2.45) is 0 Å². The number of hydrogen-bond donors (Lipinski definition) is 1. The van der Waals surface area contributed by atoms with E-state index < -0.39 is 5.97 Å². The van der Waals surface area contributed by atoms with Crippen molar-refractivity contribution in [3.05, 3.63) is 53.9 Å². The summed E-state index contributed by atoms with van der Waals surface area (Å²) in [7, 11) is 1.33. The van der Waals surface area contributed by atoms with E-state index >= 15 is 0 Å². The summed E-state index contributed by atoms with van der Waals surface area (Å²) in [5, 5.41) is 3.14. The Kier molecular flexibility index (Phi) is 5.65. The number of nitrogens with one attached hydrogen (secondary N) is 1. The normalized spacial score (nSPS) is 13.8. The van der Waals surface area contributed by atoms with Crippen LogP contribution >= 0.6 is 0 Å². The Morgan fingerprint density at radius 2 is 1.89 bits per heavy atom. The molecule has 1 aliphatic rings. The lowest BCUT2D eigenvalue weighted by molar-refractivity contribution is -0.119. The van der Waals surface area contributed by atoms with Gasteiger partial charge in [-0.2, -0.15) is 0 Å². The number of para-hydroxylation sites is 1. The summed E-state index contributed by atoms with van der Waals surface area (Å²) in [5.41, 5.74) is 1.91. The fourth-order valence-corrected chi connectivity index (χ4v) is 2.85. The van der Waals surface area contributed by atoms with Crippen LogP contribution in [0, 0.1) is 0 Å². The highest BCUT2D eigenvalue weighted by Crippen LogP contribution is 2.22. The molecule has 8 heteroatoms. The Hall–Kier alpha value is -3.42. The number of piperazine rings is 1. The highest BCUT2D eigenvalue weighted by atomic mass is 16.5. The lowest BCUT2D eigenvalue weighted by Crippen LogP contribution is -2.48. The zero-order valence-electron chi connectivity index (χ0n) is 14.9. The second kappa shape index (κ2) is 8.31. The third-order valence-corrected chi connectivity index (χ3v) is 4.34. The summed E-state index contributed by atoms with van der Waals surface area (Å²) in [5.74, 6) is -0.637. The molecule has 27 heavy (non-hydrogen) atoms. The number of methoxy groups -OCH3 is 1. The molecule has 0 unspecified atom stereocenters. The maximum absolute atomic E-state index is 12.7. The standard InChI is InChI=1S/C19H20N4O4/c1-27-19(26)15-4-2-3-5-16(15)21-14-6-7-20-17(12-14)18(25)23-10-8-22(13-24)9-11-23/h2-7,12-13H,8-11H2,1H3,(H,20,21). The van der Waals surface area contributed by atoms with Crippen LogP contribution in [0.4, 0.5) is 11.4 Å². The van der Waals surface area contributed by atoms with E-state index in [2.05, 4.69) is 10.3 Å². The molecule has 1 aromatic heterocycles. The predicted octanol–water partition coefficient (Wildman–Crippen LogP) is 1.53. The topological polar surface area (TPSA) is 91.8 Å². The van der Waals surface area contributed by atoms with E-state index in [-0.39, 0.29) is 5.91 Å². The number of amides is 2. The van der Waals surface area contributed by atoms with Gasteiger partial charge < -0.3 is 19.9 Å². The van der Waals surface area contributed by atoms with E-state index in [4.69, 9.17) is 4.74 Å². The number of esters is 1. The van der Waals surface area contributed by atoms with Crippen molar-refractivity contribution in [1.82, 2.24) is 14.8 Å². The molecule has 0 radical (unpaired) electrons. The van der Waals surface area contributed by atoms with Gasteiger partial charge in [-0.15, -0.1) is 0 Å². The van der Waals surface area contributed by atoms with Crippen LogP contribution in [0.3, 0.4) is 0 Å². The lowest BCUT2D eigenvalue weighted by atomic mass is 10.1. The minimum absolute atomic E-state index is 0.189. The molecule has 0 aliphatic carbocycles. The summed E-state index contributed by atoms with van der Waals surface area (Å²) in [4.78, 5) is 42.8. The molecule has 1 N–H and O–H groups in total. The van der Waals surface area contributed by atoms with Gasteiger partial charge >= 0.3 is 5.97 Å². The number of aromatic nitrogens is 1. The molecule has 2 amide bonds. The van der Waals surface area contributed by atoms with Gasteiger partial charge in [-0.05, 0) is 24.3 Å². The molecule has 1 aliphatic heterocycles. The first-order valence-electron chi connectivity index (χ1n) is 8.51. The zero-order valence-corrected chi connectivity index (χ0v) is 14.9. The van der Waals surface area contributed by atoms with Crippen LogP contribution in [0.2, 0.25) is 0 Å². The first-order valence-corrected chi connectivity index (χ1v) is 8.51. The monoisotopic (exact) mass is 368 g/mol. The fraction of sp³-hybridized carbons (Fsp3) is 0.263. The molecular weight excluding hydrogens is 348 g/mol. The third kappa shape index (κ3) is 4.22. The van der Waals surface area contributed by atoms with Crippen molar-refractivity contribution < 1.29 is 19.1 Å². The molecule has 8 nitrogen and oxygen atoms in total. The van der Waals surface area contributed by atoms with Crippen molar-refractivity contribution in [1.29, 1.82) is 0 Å². The molecule has 1 saturated heterocycles. The summed E-state index contributed by atoms with van der Waals surface area (Å²) >= 11 is 0. The lowest BCUT2D eigenvalue weighted by Gasteiger charge is -2.32. The Morgan fingerprint density at radius 1 is 1.15 bits per heavy atom. The summed E-state index contributed by atoms with van der Waals surface area (Å²) in [6, 6.07) is 10.3. The van der Waals surface area contributed by atoms with Gasteiger partial charge in [0, 0.05) is 38.1 Å². The average molecular weight is 368 g/mol. The Labute approximate surface area is 156 Å². The SMILES string of the molecule is COC(=O)c1ccccc1Nc1ccnc(C(=O)N2CCN(C=O)CC2)c1. The van der Waals surface area contributed by atoms with Crippen LogP contribution in [-0.4, -0.2) is 66.4 Å². The van der Waals surface area contributed by atoms with Gasteiger partial charge in [0.25, 0.3) is 5.91 Å². The number of anilines is 2. The Bertz CT molecular complexity index is 847. The van der Waals surface area contributed by atoms with Gasteiger partial charge in [-0.25, -0.2) is 4.79 Å². The van der Waals surface area contributed by atoms with E-state index in [0.29, 0.717) is 48.8 Å². The van der Waals surface area contributed by atoms with Crippen LogP contribution in [0.15, 0.2) is 42.6 Å². The van der Waals surface area contributed by atoms with E-state index in [1.807, 2.05) is 0 Å². The molecule has 3 rings (SSSR count). The van der Waals surface area contributed by atoms with Crippen molar-refractivity contribution in [2.45, 2.75) is 0 Å². The van der Waals surface area contributed by atoms with Crippen LogP contribution in [0.5, 0.6) is 0 Å². The van der Waals surface area contributed by atoms with E-state index in [9.17, 15) is 14.4 Å². The maximum atomic E-state index is 12.7. The number of hydrogen-bond acceptors (Lipinski definition) is 6. The van der Waals surface area contributed by atoms with Crippen molar-refractivity contribution in [3.8, 4) is 0 Å². The molecule has 1 fully saturated rings. The minimum Gasteiger partial charge on any atom is -0.465 e. The first-order chi connectivity index (χ1) is 13.1. The quantitative estimate of drug-likeness (QED) is 0.636. The molecule has 0 saturated carbocycles. The van der Waals surface area contributed by atoms with Crippen LogP contribution in [0.1, 0.15) is 20.8 Å². The van der Waals surface area contributed by atoms with Crippen molar-refractivity contribution in [3.63, 3.8) is 0 Å². The van der Waals surface area contributed by atoms with E-state index in [0.717, 1.165) is 6.41 Å². The summed E-state index contributed by atoms with van der Waals surface area (Å²) in [6.07, 6.45) is 2.33. The molecule has 0 bridgehead atoms. The van der Waals surface area contributed by atoms with Gasteiger partial charge in [-0.3, -0.25) is 14.6 Å². The second-order valence-corrected chi connectivity index (χ2v) is 6.03. The largest absolute Gasteiger partial charge is 0.465 e. The fourth-order valence-electron chi connectivity index (χ4n) is 2.85. The summed E-state index contributed by atoms with van der Waals surface area (Å²) in [6.45, 7) is 1.98. The van der Waals surface area contributed by atoms with Crippen LogP contribution in [-0.2, 0) is 9.53 Å². The number of ether oxygens (including phenoxy) is 1. The second-order valence-electron chi connectivity index (χ2n) is 6.03. The summed E-state index contributed by atoms with van der Waals surface area (Å²) < 4.78 is 4.79. The number of pyridine rings is 1. The molecule has 1 aromatic carbocycles. The van der Waals surface area contributed by atoms with Gasteiger partial charge in [-0.1, -0.05) is 12.1 Å². The van der Waals surface area contributed by atoms with Gasteiger partial charge in [0.2, 0.25) is 6.41 Å². The van der Waals surface area contributed by atoms with Crippen molar-refractivity contribution >= 4 is 29.7 Å². The number of rotatable bonds is 5. The zero-order chi connectivity index (χ0) is 19.2.